The fourth-order valence-electron chi connectivity index (χ4n) is 4.10. The van der Waals surface area contributed by atoms with E-state index >= 15 is 0 Å². The van der Waals surface area contributed by atoms with Gasteiger partial charge in [-0.1, -0.05) is 12.1 Å². The lowest BCUT2D eigenvalue weighted by Crippen LogP contribution is -2.45. The molecule has 176 valence electrons. The minimum Gasteiger partial charge on any atom is -0.489 e. The van der Waals surface area contributed by atoms with E-state index in [4.69, 9.17) is 20.3 Å². The van der Waals surface area contributed by atoms with Gasteiger partial charge in [0.1, 0.15) is 18.4 Å². The number of morpholine rings is 1. The minimum absolute atomic E-state index is 0.00597. The summed E-state index contributed by atoms with van der Waals surface area (Å²) in [6.07, 6.45) is -0.240. The highest BCUT2D eigenvalue weighted by molar-refractivity contribution is 7.12. The van der Waals surface area contributed by atoms with Crippen molar-refractivity contribution in [3.8, 4) is 5.75 Å². The van der Waals surface area contributed by atoms with E-state index in [1.165, 1.54) is 21.8 Å². The summed E-state index contributed by atoms with van der Waals surface area (Å²) in [5, 5.41) is 10.8. The Labute approximate surface area is 195 Å². The van der Waals surface area contributed by atoms with Crippen molar-refractivity contribution in [3.05, 3.63) is 51.2 Å². The van der Waals surface area contributed by atoms with Gasteiger partial charge in [0.25, 0.3) is 5.91 Å². The van der Waals surface area contributed by atoms with Gasteiger partial charge < -0.3 is 25.2 Å². The minimum atomic E-state index is -1.03. The Bertz CT molecular complexity index is 1020. The van der Waals surface area contributed by atoms with Gasteiger partial charge in [-0.15, -0.1) is 11.3 Å². The summed E-state index contributed by atoms with van der Waals surface area (Å²) < 4.78 is 11.3. The van der Waals surface area contributed by atoms with Crippen molar-refractivity contribution >= 4 is 29.1 Å². The first kappa shape index (κ1) is 23.2. The molecule has 2 aromatic rings. The number of rotatable bonds is 10. The van der Waals surface area contributed by atoms with Crippen LogP contribution in [0.3, 0.4) is 0 Å². The molecule has 0 radical (unpaired) electrons. The highest BCUT2D eigenvalue weighted by atomic mass is 32.1. The number of nitrogens with two attached hydrogens (primary N) is 1. The van der Waals surface area contributed by atoms with Gasteiger partial charge in [0.15, 0.2) is 0 Å². The third-order valence-electron chi connectivity index (χ3n) is 5.93. The van der Waals surface area contributed by atoms with Gasteiger partial charge in [-0.2, -0.15) is 0 Å². The predicted octanol–water partition coefficient (Wildman–Crippen LogP) is 1.83. The smallest absolute Gasteiger partial charge is 0.303 e. The lowest BCUT2D eigenvalue weighted by molar-refractivity contribution is -0.137. The highest BCUT2D eigenvalue weighted by Gasteiger charge is 2.38. The number of carbonyl (C=O) groups excluding carboxylic acids is 2. The van der Waals surface area contributed by atoms with Crippen LogP contribution in [0.15, 0.2) is 29.6 Å². The molecule has 1 aromatic heterocycles. The number of carboxylic acid groups (broad SMARTS) is 1. The van der Waals surface area contributed by atoms with E-state index in [-0.39, 0.29) is 25.3 Å². The number of carboxylic acids is 1. The average Bonchev–Trinajstić information content (AvgIpc) is 3.34. The van der Waals surface area contributed by atoms with Crippen molar-refractivity contribution in [1.29, 1.82) is 0 Å². The zero-order chi connectivity index (χ0) is 23.4. The third kappa shape index (κ3) is 5.52. The molecular weight excluding hydrogens is 446 g/mol. The number of hydrogen-bond acceptors (Lipinski definition) is 7. The normalized spacial score (nSPS) is 17.1. The van der Waals surface area contributed by atoms with Crippen LogP contribution in [0.5, 0.6) is 5.75 Å². The van der Waals surface area contributed by atoms with Crippen molar-refractivity contribution < 1.29 is 29.0 Å². The maximum atomic E-state index is 12.8. The van der Waals surface area contributed by atoms with Crippen LogP contribution in [-0.4, -0.2) is 65.0 Å². The van der Waals surface area contributed by atoms with Crippen LogP contribution in [0.1, 0.15) is 39.2 Å². The summed E-state index contributed by atoms with van der Waals surface area (Å²) in [7, 11) is 0. The van der Waals surface area contributed by atoms with E-state index in [1.807, 2.05) is 29.6 Å². The highest BCUT2D eigenvalue weighted by Crippen LogP contribution is 2.34. The average molecular weight is 474 g/mol. The molecule has 0 spiro atoms. The Hall–Kier alpha value is -2.95. The van der Waals surface area contributed by atoms with Gasteiger partial charge >= 0.3 is 5.97 Å². The van der Waals surface area contributed by atoms with E-state index < -0.39 is 17.9 Å². The van der Waals surface area contributed by atoms with Crippen LogP contribution < -0.4 is 10.5 Å². The fraction of sp³-hybridized carbons (Fsp3) is 0.435. The van der Waals surface area contributed by atoms with E-state index in [2.05, 4.69) is 4.90 Å². The Morgan fingerprint density at radius 1 is 1.21 bits per heavy atom. The maximum Gasteiger partial charge on any atom is 0.303 e. The number of thiophene rings is 1. The van der Waals surface area contributed by atoms with Gasteiger partial charge in [-0.05, 0) is 29.5 Å². The number of fused-ring (bicyclic) bond motifs is 1. The summed E-state index contributed by atoms with van der Waals surface area (Å²) in [4.78, 5) is 39.9. The molecule has 1 saturated heterocycles. The van der Waals surface area contributed by atoms with Crippen LogP contribution in [-0.2, 0) is 34.0 Å². The molecule has 33 heavy (non-hydrogen) atoms. The number of carbonyl (C=O) groups is 3. The maximum absolute atomic E-state index is 12.8. The molecule has 2 amide bonds. The summed E-state index contributed by atoms with van der Waals surface area (Å²) >= 11 is 1.31. The third-order valence-corrected chi connectivity index (χ3v) is 6.99. The molecule has 3 N–H and O–H groups in total. The van der Waals surface area contributed by atoms with Crippen molar-refractivity contribution in [3.63, 3.8) is 0 Å². The summed E-state index contributed by atoms with van der Waals surface area (Å²) in [5.41, 5.74) is 8.36. The number of nitrogens with zero attached hydrogens (tertiary/aromatic N) is 2. The van der Waals surface area contributed by atoms with Crippen LogP contribution in [0.2, 0.25) is 0 Å². The second-order valence-corrected chi connectivity index (χ2v) is 9.05. The molecule has 2 aliphatic rings. The van der Waals surface area contributed by atoms with Gasteiger partial charge in [0.2, 0.25) is 5.91 Å². The first-order valence-corrected chi connectivity index (χ1v) is 11.7. The standard InChI is InChI=1S/C23H27N3O6S/c24-22(29)19(5-6-20(27)28)26-12-18-16(14-33-21(18)23(26)30)13-32-17-3-1-15(2-4-17)11-25-7-9-31-10-8-25/h1-4,14,19H,5-13H2,(H2,24,29)(H,27,28)/t19-/m0/s1. The molecule has 0 aliphatic carbocycles. The van der Waals surface area contributed by atoms with Crippen molar-refractivity contribution in [1.82, 2.24) is 9.80 Å². The Morgan fingerprint density at radius 2 is 1.94 bits per heavy atom. The van der Waals surface area contributed by atoms with E-state index in [1.54, 1.807) is 0 Å². The Kier molecular flexibility index (Phi) is 7.26. The molecule has 1 aromatic carbocycles. The molecule has 0 bridgehead atoms. The first-order valence-electron chi connectivity index (χ1n) is 10.9. The predicted molar refractivity (Wildman–Crippen MR) is 121 cm³/mol. The second-order valence-electron chi connectivity index (χ2n) is 8.17. The molecule has 3 heterocycles. The Morgan fingerprint density at radius 3 is 2.61 bits per heavy atom. The molecular formula is C23H27N3O6S. The van der Waals surface area contributed by atoms with Crippen LogP contribution in [0, 0.1) is 0 Å². The molecule has 4 rings (SSSR count). The summed E-state index contributed by atoms with van der Waals surface area (Å²) in [6, 6.07) is 7.03. The lowest BCUT2D eigenvalue weighted by atomic mass is 10.1. The van der Waals surface area contributed by atoms with Crippen LogP contribution in [0.4, 0.5) is 0 Å². The van der Waals surface area contributed by atoms with E-state index in [0.29, 0.717) is 11.5 Å². The number of ether oxygens (including phenoxy) is 2. The fourth-order valence-corrected chi connectivity index (χ4v) is 5.12. The van der Waals surface area contributed by atoms with Crippen molar-refractivity contribution in [2.45, 2.75) is 38.6 Å². The van der Waals surface area contributed by atoms with Crippen LogP contribution >= 0.6 is 11.3 Å². The number of primary amides is 1. The number of aliphatic carboxylic acids is 1. The molecule has 2 aliphatic heterocycles. The topological polar surface area (TPSA) is 122 Å². The second kappa shape index (κ2) is 10.3. The number of hydrogen-bond donors (Lipinski definition) is 2. The molecule has 10 heteroatoms. The molecule has 0 saturated carbocycles. The summed E-state index contributed by atoms with van der Waals surface area (Å²) in [5.74, 6) is -1.29. The largest absolute Gasteiger partial charge is 0.489 e. The zero-order valence-electron chi connectivity index (χ0n) is 18.2. The molecule has 1 atom stereocenters. The monoisotopic (exact) mass is 473 g/mol. The molecule has 9 nitrogen and oxygen atoms in total. The first-order chi connectivity index (χ1) is 15.9. The lowest BCUT2D eigenvalue weighted by Gasteiger charge is -2.26. The van der Waals surface area contributed by atoms with Gasteiger partial charge in [0, 0.05) is 43.7 Å². The van der Waals surface area contributed by atoms with Gasteiger partial charge in [-0.25, -0.2) is 0 Å². The number of amides is 2. The van der Waals surface area contributed by atoms with Gasteiger partial charge in [0.05, 0.1) is 18.1 Å². The Balaban J connectivity index is 1.36. The van der Waals surface area contributed by atoms with E-state index in [9.17, 15) is 14.4 Å². The molecule has 0 unspecified atom stereocenters. The van der Waals surface area contributed by atoms with Crippen molar-refractivity contribution in [2.24, 2.45) is 5.73 Å². The number of benzene rings is 1. The quantitative estimate of drug-likeness (QED) is 0.540. The zero-order valence-corrected chi connectivity index (χ0v) is 19.0. The van der Waals surface area contributed by atoms with Gasteiger partial charge in [-0.3, -0.25) is 19.3 Å². The van der Waals surface area contributed by atoms with E-state index in [0.717, 1.165) is 49.7 Å². The van der Waals surface area contributed by atoms with Crippen LogP contribution in [0.25, 0.3) is 0 Å². The summed E-state index contributed by atoms with van der Waals surface area (Å²) in [6.45, 7) is 4.81. The SMILES string of the molecule is NC(=O)[C@H](CCC(=O)O)N1Cc2c(COc3ccc(CN4CCOCC4)cc3)csc2C1=O. The van der Waals surface area contributed by atoms with Crippen molar-refractivity contribution in [2.75, 3.05) is 26.3 Å². The molecule has 1 fully saturated rings.